The first-order chi connectivity index (χ1) is 10.6. The van der Waals surface area contributed by atoms with Crippen molar-refractivity contribution in [1.29, 1.82) is 0 Å². The smallest absolute Gasteiger partial charge is 0.326 e. The van der Waals surface area contributed by atoms with E-state index in [0.717, 1.165) is 5.56 Å². The molecule has 1 unspecified atom stereocenters. The van der Waals surface area contributed by atoms with Crippen LogP contribution in [0.4, 0.5) is 0 Å². The number of carboxylic acid groups (broad SMARTS) is 1. The first-order valence-corrected chi connectivity index (χ1v) is 6.74. The Labute approximate surface area is 128 Å². The fourth-order valence-corrected chi connectivity index (χ4v) is 2.01. The summed E-state index contributed by atoms with van der Waals surface area (Å²) in [5.41, 5.74) is 1.88. The summed E-state index contributed by atoms with van der Waals surface area (Å²) in [5.74, 6) is 0.949. The SMILES string of the molecule is C#Cc1ccc(C(=O)NC(Cc2ccccc2)C(=O)O)cc1. The van der Waals surface area contributed by atoms with Crippen molar-refractivity contribution in [2.75, 3.05) is 0 Å². The van der Waals surface area contributed by atoms with Gasteiger partial charge >= 0.3 is 5.97 Å². The number of carboxylic acids is 1. The fourth-order valence-electron chi connectivity index (χ4n) is 2.01. The Kier molecular flexibility index (Phi) is 4.94. The Morgan fingerprint density at radius 3 is 2.27 bits per heavy atom. The molecular weight excluding hydrogens is 278 g/mol. The Morgan fingerprint density at radius 2 is 1.73 bits per heavy atom. The third-order valence-electron chi connectivity index (χ3n) is 3.20. The van der Waals surface area contributed by atoms with Gasteiger partial charge in [-0.05, 0) is 29.8 Å². The van der Waals surface area contributed by atoms with E-state index >= 15 is 0 Å². The zero-order valence-electron chi connectivity index (χ0n) is 11.8. The number of amides is 1. The summed E-state index contributed by atoms with van der Waals surface area (Å²) in [6.45, 7) is 0. The zero-order valence-corrected chi connectivity index (χ0v) is 11.8. The van der Waals surface area contributed by atoms with Gasteiger partial charge in [-0.1, -0.05) is 36.3 Å². The number of hydrogen-bond acceptors (Lipinski definition) is 2. The lowest BCUT2D eigenvalue weighted by atomic mass is 10.1. The minimum absolute atomic E-state index is 0.227. The van der Waals surface area contributed by atoms with Crippen LogP contribution in [0, 0.1) is 12.3 Å². The maximum absolute atomic E-state index is 12.1. The molecule has 0 aliphatic heterocycles. The number of terminal acetylenes is 1. The summed E-state index contributed by atoms with van der Waals surface area (Å²) in [4.78, 5) is 23.5. The third kappa shape index (κ3) is 3.97. The molecule has 0 heterocycles. The van der Waals surface area contributed by atoms with Gasteiger partial charge in [0.2, 0.25) is 0 Å². The normalized spacial score (nSPS) is 11.2. The van der Waals surface area contributed by atoms with Crippen molar-refractivity contribution in [3.8, 4) is 12.3 Å². The van der Waals surface area contributed by atoms with Crippen LogP contribution in [0.1, 0.15) is 21.5 Å². The highest BCUT2D eigenvalue weighted by Crippen LogP contribution is 2.07. The molecule has 2 aromatic carbocycles. The fraction of sp³-hybridized carbons (Fsp3) is 0.111. The molecule has 1 amide bonds. The minimum Gasteiger partial charge on any atom is -0.480 e. The first-order valence-electron chi connectivity index (χ1n) is 6.74. The van der Waals surface area contributed by atoms with Crippen molar-refractivity contribution in [3.63, 3.8) is 0 Å². The summed E-state index contributed by atoms with van der Waals surface area (Å²) in [7, 11) is 0. The van der Waals surface area contributed by atoms with Gasteiger partial charge in [-0.15, -0.1) is 6.42 Å². The minimum atomic E-state index is -1.07. The standard InChI is InChI=1S/C18H15NO3/c1-2-13-8-10-15(11-9-13)17(20)19-16(18(21)22)12-14-6-4-3-5-7-14/h1,3-11,16H,12H2,(H,19,20)(H,21,22). The van der Waals surface area contributed by atoms with Crippen LogP contribution in [0.25, 0.3) is 0 Å². The molecule has 110 valence electrons. The first kappa shape index (κ1) is 15.3. The molecule has 0 fully saturated rings. The summed E-state index contributed by atoms with van der Waals surface area (Å²) in [6, 6.07) is 14.6. The molecule has 0 spiro atoms. The predicted octanol–water partition coefficient (Wildman–Crippen LogP) is 2.09. The molecule has 0 radical (unpaired) electrons. The zero-order chi connectivity index (χ0) is 15.9. The molecular formula is C18H15NO3. The van der Waals surface area contributed by atoms with Crippen molar-refractivity contribution in [2.45, 2.75) is 12.5 Å². The molecule has 0 aromatic heterocycles. The molecule has 0 aliphatic carbocycles. The lowest BCUT2D eigenvalue weighted by Gasteiger charge is -2.14. The average Bonchev–Trinajstić information content (AvgIpc) is 2.55. The molecule has 0 saturated heterocycles. The van der Waals surface area contributed by atoms with E-state index in [4.69, 9.17) is 6.42 Å². The summed E-state index contributed by atoms with van der Waals surface area (Å²) in [6.07, 6.45) is 5.48. The van der Waals surface area contributed by atoms with Crippen LogP contribution < -0.4 is 5.32 Å². The maximum Gasteiger partial charge on any atom is 0.326 e. The summed E-state index contributed by atoms with van der Waals surface area (Å²) < 4.78 is 0. The molecule has 4 nitrogen and oxygen atoms in total. The maximum atomic E-state index is 12.1. The van der Waals surface area contributed by atoms with Crippen molar-refractivity contribution < 1.29 is 14.7 Å². The molecule has 4 heteroatoms. The number of hydrogen-bond donors (Lipinski definition) is 2. The number of rotatable bonds is 5. The highest BCUT2D eigenvalue weighted by molar-refractivity contribution is 5.96. The lowest BCUT2D eigenvalue weighted by molar-refractivity contribution is -0.139. The van der Waals surface area contributed by atoms with Gasteiger partial charge in [0.15, 0.2) is 0 Å². The number of carbonyl (C=O) groups excluding carboxylic acids is 1. The van der Waals surface area contributed by atoms with Crippen LogP contribution in [0.5, 0.6) is 0 Å². The van der Waals surface area contributed by atoms with Gasteiger partial charge in [0.05, 0.1) is 0 Å². The van der Waals surface area contributed by atoms with E-state index in [2.05, 4.69) is 11.2 Å². The van der Waals surface area contributed by atoms with E-state index in [1.807, 2.05) is 30.3 Å². The molecule has 22 heavy (non-hydrogen) atoms. The number of carbonyl (C=O) groups is 2. The van der Waals surface area contributed by atoms with Gasteiger partial charge in [-0.3, -0.25) is 4.79 Å². The quantitative estimate of drug-likeness (QED) is 0.830. The Hall–Kier alpha value is -3.06. The second kappa shape index (κ2) is 7.09. The van der Waals surface area contributed by atoms with Gasteiger partial charge in [-0.2, -0.15) is 0 Å². The predicted molar refractivity (Wildman–Crippen MR) is 83.4 cm³/mol. The Bertz CT molecular complexity index is 699. The topological polar surface area (TPSA) is 66.4 Å². The van der Waals surface area contributed by atoms with Crippen molar-refractivity contribution in [3.05, 3.63) is 71.3 Å². The second-order valence-corrected chi connectivity index (χ2v) is 4.78. The van der Waals surface area contributed by atoms with E-state index in [0.29, 0.717) is 11.1 Å². The molecule has 2 rings (SSSR count). The van der Waals surface area contributed by atoms with Crippen LogP contribution in [-0.2, 0) is 11.2 Å². The van der Waals surface area contributed by atoms with Gasteiger partial charge in [0.1, 0.15) is 6.04 Å². The summed E-state index contributed by atoms with van der Waals surface area (Å²) in [5, 5.41) is 11.8. The van der Waals surface area contributed by atoms with E-state index in [1.54, 1.807) is 24.3 Å². The number of nitrogens with one attached hydrogen (secondary N) is 1. The van der Waals surface area contributed by atoms with Crippen LogP contribution in [-0.4, -0.2) is 23.0 Å². The van der Waals surface area contributed by atoms with Crippen molar-refractivity contribution >= 4 is 11.9 Å². The van der Waals surface area contributed by atoms with Crippen LogP contribution in [0.15, 0.2) is 54.6 Å². The second-order valence-electron chi connectivity index (χ2n) is 4.78. The number of benzene rings is 2. The van der Waals surface area contributed by atoms with Crippen molar-refractivity contribution in [2.24, 2.45) is 0 Å². The molecule has 1 atom stereocenters. The largest absolute Gasteiger partial charge is 0.480 e. The highest BCUT2D eigenvalue weighted by atomic mass is 16.4. The van der Waals surface area contributed by atoms with Crippen molar-refractivity contribution in [1.82, 2.24) is 5.32 Å². The Morgan fingerprint density at radius 1 is 1.09 bits per heavy atom. The highest BCUT2D eigenvalue weighted by Gasteiger charge is 2.21. The lowest BCUT2D eigenvalue weighted by Crippen LogP contribution is -2.42. The molecule has 0 aliphatic rings. The van der Waals surface area contributed by atoms with Gasteiger partial charge < -0.3 is 10.4 Å². The summed E-state index contributed by atoms with van der Waals surface area (Å²) >= 11 is 0. The van der Waals surface area contributed by atoms with Gasteiger partial charge in [-0.25, -0.2) is 4.79 Å². The van der Waals surface area contributed by atoms with E-state index in [-0.39, 0.29) is 6.42 Å². The monoisotopic (exact) mass is 293 g/mol. The van der Waals surface area contributed by atoms with Crippen LogP contribution in [0.3, 0.4) is 0 Å². The van der Waals surface area contributed by atoms with Crippen LogP contribution >= 0.6 is 0 Å². The van der Waals surface area contributed by atoms with Crippen LogP contribution in [0.2, 0.25) is 0 Å². The van der Waals surface area contributed by atoms with Gasteiger partial charge in [0, 0.05) is 17.5 Å². The third-order valence-corrected chi connectivity index (χ3v) is 3.20. The van der Waals surface area contributed by atoms with E-state index in [1.165, 1.54) is 0 Å². The molecule has 0 saturated carbocycles. The van der Waals surface area contributed by atoms with E-state index < -0.39 is 17.9 Å². The average molecular weight is 293 g/mol. The van der Waals surface area contributed by atoms with Gasteiger partial charge in [0.25, 0.3) is 5.91 Å². The molecule has 2 aromatic rings. The Balaban J connectivity index is 2.08. The molecule has 2 N–H and O–H groups in total. The van der Waals surface area contributed by atoms with E-state index in [9.17, 15) is 14.7 Å². The molecule has 0 bridgehead atoms. The number of aliphatic carboxylic acids is 1.